The summed E-state index contributed by atoms with van der Waals surface area (Å²) < 4.78 is 13.2. The van der Waals surface area contributed by atoms with Crippen molar-refractivity contribution < 1.29 is 21.2 Å². The molecule has 0 amide bonds. The van der Waals surface area contributed by atoms with Gasteiger partial charge in [-0.05, 0) is 28.8 Å². The van der Waals surface area contributed by atoms with Gasteiger partial charge < -0.3 is 6.92 Å². The van der Waals surface area contributed by atoms with E-state index in [0.29, 0.717) is 0 Å². The van der Waals surface area contributed by atoms with E-state index < -0.39 is 0 Å². The molecule has 1 aliphatic carbocycles. The summed E-state index contributed by atoms with van der Waals surface area (Å²) in [7, 11) is 0. The van der Waals surface area contributed by atoms with E-state index in [4.69, 9.17) is 0 Å². The van der Waals surface area contributed by atoms with E-state index in [2.05, 4.69) is 26.8 Å². The SMILES string of the molecule is [CH2-]CCC1=CC(C)(C)c2ccc(F)cc21.[Co]. The summed E-state index contributed by atoms with van der Waals surface area (Å²) in [6.07, 6.45) is 4.03. The molecule has 0 unspecified atom stereocenters. The molecule has 2 heteroatoms. The number of hydrogen-bond acceptors (Lipinski definition) is 0. The number of allylic oxidation sites excluding steroid dienone is 2. The summed E-state index contributed by atoms with van der Waals surface area (Å²) in [6.45, 7) is 8.19. The zero-order valence-corrected chi connectivity index (χ0v) is 10.7. The molecule has 16 heavy (non-hydrogen) atoms. The van der Waals surface area contributed by atoms with Gasteiger partial charge in [-0.25, -0.2) is 4.39 Å². The molecule has 0 bridgehead atoms. The van der Waals surface area contributed by atoms with Crippen molar-refractivity contribution in [2.75, 3.05) is 0 Å². The Morgan fingerprint density at radius 2 is 2.00 bits per heavy atom. The van der Waals surface area contributed by atoms with Crippen LogP contribution >= 0.6 is 0 Å². The third-order valence-electron chi connectivity index (χ3n) is 3.00. The average Bonchev–Trinajstić information content (AvgIpc) is 2.39. The molecule has 1 aliphatic rings. The first-order valence-corrected chi connectivity index (χ1v) is 5.36. The fraction of sp³-hybridized carbons (Fsp3) is 0.357. The van der Waals surface area contributed by atoms with Gasteiger partial charge in [-0.1, -0.05) is 32.4 Å². The molecule has 89 valence electrons. The number of hydrogen-bond donors (Lipinski definition) is 0. The smallest absolute Gasteiger partial charge is 0.123 e. The Hall–Kier alpha value is -0.604. The molecular formula is C14H16CoF-. The summed E-state index contributed by atoms with van der Waals surface area (Å²) in [5.41, 5.74) is 3.58. The van der Waals surface area contributed by atoms with Crippen LogP contribution in [-0.2, 0) is 22.2 Å². The third kappa shape index (κ3) is 2.23. The van der Waals surface area contributed by atoms with Gasteiger partial charge in [0.25, 0.3) is 0 Å². The summed E-state index contributed by atoms with van der Waals surface area (Å²) in [5.74, 6) is -0.151. The van der Waals surface area contributed by atoms with Crippen molar-refractivity contribution in [3.05, 3.63) is 48.1 Å². The second-order valence-corrected chi connectivity index (χ2v) is 4.68. The summed E-state index contributed by atoms with van der Waals surface area (Å²) in [4.78, 5) is 0. The monoisotopic (exact) mass is 262 g/mol. The van der Waals surface area contributed by atoms with Crippen LogP contribution in [0.1, 0.15) is 37.8 Å². The minimum absolute atomic E-state index is 0. The summed E-state index contributed by atoms with van der Waals surface area (Å²) in [6, 6.07) is 5.09. The van der Waals surface area contributed by atoms with Crippen molar-refractivity contribution in [1.82, 2.24) is 0 Å². The molecule has 1 radical (unpaired) electrons. The van der Waals surface area contributed by atoms with E-state index in [1.165, 1.54) is 11.1 Å². The Balaban J connectivity index is 0.00000128. The van der Waals surface area contributed by atoms with Gasteiger partial charge in [-0.3, -0.25) is 0 Å². The normalized spacial score (nSPS) is 16.4. The Kier molecular flexibility index (Phi) is 3.97. The number of rotatable bonds is 2. The fourth-order valence-corrected chi connectivity index (χ4v) is 2.33. The van der Waals surface area contributed by atoms with E-state index >= 15 is 0 Å². The molecule has 0 saturated heterocycles. The molecule has 1 aromatic rings. The quantitative estimate of drug-likeness (QED) is 0.703. The van der Waals surface area contributed by atoms with E-state index in [1.807, 2.05) is 6.07 Å². The van der Waals surface area contributed by atoms with Gasteiger partial charge in [0.05, 0.1) is 0 Å². The minimum atomic E-state index is -0.151. The van der Waals surface area contributed by atoms with E-state index in [-0.39, 0.29) is 28.0 Å². The summed E-state index contributed by atoms with van der Waals surface area (Å²) >= 11 is 0. The van der Waals surface area contributed by atoms with Crippen molar-refractivity contribution in [3.8, 4) is 0 Å². The van der Waals surface area contributed by atoms with Gasteiger partial charge in [0, 0.05) is 22.2 Å². The molecule has 2 rings (SSSR count). The van der Waals surface area contributed by atoms with Crippen molar-refractivity contribution in [3.63, 3.8) is 0 Å². The first kappa shape index (κ1) is 13.5. The van der Waals surface area contributed by atoms with Crippen LogP contribution in [0.4, 0.5) is 4.39 Å². The van der Waals surface area contributed by atoms with E-state index in [1.54, 1.807) is 12.1 Å². The van der Waals surface area contributed by atoms with Crippen molar-refractivity contribution in [2.45, 2.75) is 32.1 Å². The number of fused-ring (bicyclic) bond motifs is 1. The molecule has 0 saturated carbocycles. The van der Waals surface area contributed by atoms with Crippen LogP contribution in [0.2, 0.25) is 0 Å². The Morgan fingerprint density at radius 3 is 2.62 bits per heavy atom. The maximum atomic E-state index is 13.2. The van der Waals surface area contributed by atoms with E-state index in [9.17, 15) is 4.39 Å². The summed E-state index contributed by atoms with van der Waals surface area (Å²) in [5, 5.41) is 0. The zero-order valence-electron chi connectivity index (χ0n) is 9.64. The van der Waals surface area contributed by atoms with Crippen LogP contribution in [0.3, 0.4) is 0 Å². The van der Waals surface area contributed by atoms with Crippen molar-refractivity contribution >= 4 is 5.57 Å². The Bertz CT molecular complexity index is 419. The maximum absolute atomic E-state index is 13.2. The fourth-order valence-electron chi connectivity index (χ4n) is 2.33. The van der Waals surface area contributed by atoms with Crippen LogP contribution in [0.15, 0.2) is 24.3 Å². The van der Waals surface area contributed by atoms with Gasteiger partial charge in [-0.15, -0.1) is 0 Å². The average molecular weight is 262 g/mol. The van der Waals surface area contributed by atoms with Crippen LogP contribution in [-0.4, -0.2) is 0 Å². The zero-order chi connectivity index (χ0) is 11.1. The molecule has 0 fully saturated rings. The number of halogens is 1. The molecule has 0 N–H and O–H groups in total. The van der Waals surface area contributed by atoms with Crippen LogP contribution < -0.4 is 0 Å². The third-order valence-corrected chi connectivity index (χ3v) is 3.00. The van der Waals surface area contributed by atoms with Gasteiger partial charge in [0.1, 0.15) is 5.82 Å². The minimum Gasteiger partial charge on any atom is -0.343 e. The van der Waals surface area contributed by atoms with Gasteiger partial charge in [-0.2, -0.15) is 6.42 Å². The molecule has 0 heterocycles. The molecular weight excluding hydrogens is 246 g/mol. The Labute approximate surface area is 107 Å². The van der Waals surface area contributed by atoms with Gasteiger partial charge in [0.15, 0.2) is 0 Å². The predicted octanol–water partition coefficient (Wildman–Crippen LogP) is 4.11. The van der Waals surface area contributed by atoms with Crippen LogP contribution in [0, 0.1) is 12.7 Å². The number of benzene rings is 1. The predicted molar refractivity (Wildman–Crippen MR) is 62.0 cm³/mol. The largest absolute Gasteiger partial charge is 0.343 e. The van der Waals surface area contributed by atoms with Crippen LogP contribution in [0.25, 0.3) is 5.57 Å². The molecule has 0 nitrogen and oxygen atoms in total. The standard InChI is InChI=1S/C14H16F.Co/c1-4-5-10-9-14(2,3)13-7-6-11(15)8-12(10)13;/h6-9H,1,4-5H2,2-3H3;/q-1;. The second-order valence-electron chi connectivity index (χ2n) is 4.68. The van der Waals surface area contributed by atoms with Crippen LogP contribution in [0.5, 0.6) is 0 Å². The first-order chi connectivity index (χ1) is 7.04. The topological polar surface area (TPSA) is 0 Å². The van der Waals surface area contributed by atoms with Crippen molar-refractivity contribution in [1.29, 1.82) is 0 Å². The van der Waals surface area contributed by atoms with Gasteiger partial charge in [0.2, 0.25) is 0 Å². The maximum Gasteiger partial charge on any atom is 0.123 e. The van der Waals surface area contributed by atoms with E-state index in [0.717, 1.165) is 18.4 Å². The first-order valence-electron chi connectivity index (χ1n) is 5.36. The molecule has 0 aromatic heterocycles. The molecule has 0 aliphatic heterocycles. The Morgan fingerprint density at radius 1 is 1.31 bits per heavy atom. The van der Waals surface area contributed by atoms with Gasteiger partial charge >= 0.3 is 0 Å². The molecule has 1 aromatic carbocycles. The molecule has 0 spiro atoms. The molecule has 0 atom stereocenters. The van der Waals surface area contributed by atoms with Crippen molar-refractivity contribution in [2.24, 2.45) is 0 Å². The second kappa shape index (κ2) is 4.72.